The second-order valence-electron chi connectivity index (χ2n) is 3.76. The Balaban J connectivity index is 2.35. The third-order valence-electron chi connectivity index (χ3n) is 2.48. The van der Waals surface area contributed by atoms with E-state index >= 15 is 0 Å². The normalized spacial score (nSPS) is 28.4. The first-order valence-electron chi connectivity index (χ1n) is 4.89. The molecule has 0 saturated heterocycles. The quantitative estimate of drug-likeness (QED) is 0.750. The average Bonchev–Trinajstić information content (AvgIpc) is 2.16. The zero-order chi connectivity index (χ0) is 11.5. The van der Waals surface area contributed by atoms with Crippen molar-refractivity contribution in [1.82, 2.24) is 0 Å². The third kappa shape index (κ3) is 3.61. The van der Waals surface area contributed by atoms with E-state index in [2.05, 4.69) is 4.74 Å². The first kappa shape index (κ1) is 12.7. The van der Waals surface area contributed by atoms with Crippen molar-refractivity contribution in [1.29, 1.82) is 0 Å². The van der Waals surface area contributed by atoms with Gasteiger partial charge < -0.3 is 9.84 Å². The molecule has 0 aliphatic heterocycles. The highest BCUT2D eigenvalue weighted by Gasteiger charge is 2.42. The molecule has 1 aliphatic rings. The predicted molar refractivity (Wildman–Crippen MR) is 45.2 cm³/mol. The number of hydrogen-bond donors (Lipinski definition) is 1. The van der Waals surface area contributed by atoms with Crippen LogP contribution in [0.2, 0.25) is 0 Å². The summed E-state index contributed by atoms with van der Waals surface area (Å²) in [5, 5.41) is 9.35. The van der Waals surface area contributed by atoms with Crippen molar-refractivity contribution in [3.05, 3.63) is 0 Å². The zero-order valence-electron chi connectivity index (χ0n) is 8.13. The van der Waals surface area contributed by atoms with Gasteiger partial charge in [-0.1, -0.05) is 12.8 Å². The van der Waals surface area contributed by atoms with Crippen LogP contribution in [0, 0.1) is 0 Å². The molecule has 0 bridgehead atoms. The molecule has 0 aromatic carbocycles. The van der Waals surface area contributed by atoms with Gasteiger partial charge in [0.1, 0.15) is 6.61 Å². The maximum atomic E-state index is 12.5. The van der Waals surface area contributed by atoms with E-state index in [1.807, 2.05) is 0 Å². The highest BCUT2D eigenvalue weighted by molar-refractivity contribution is 4.77. The van der Waals surface area contributed by atoms with E-state index in [9.17, 15) is 22.7 Å². The molecule has 1 rings (SSSR count). The fourth-order valence-electron chi connectivity index (χ4n) is 1.55. The van der Waals surface area contributed by atoms with Gasteiger partial charge in [0, 0.05) is 0 Å². The molecule has 2 atom stereocenters. The molecule has 0 aromatic heterocycles. The molecule has 6 heteroatoms. The van der Waals surface area contributed by atoms with Crippen LogP contribution in [-0.2, 0) is 4.74 Å². The van der Waals surface area contributed by atoms with Crippen molar-refractivity contribution in [2.24, 2.45) is 0 Å². The van der Waals surface area contributed by atoms with E-state index in [-0.39, 0.29) is 0 Å². The van der Waals surface area contributed by atoms with Crippen molar-refractivity contribution < 1.29 is 27.4 Å². The fraction of sp³-hybridized carbons (Fsp3) is 1.00. The summed E-state index contributed by atoms with van der Waals surface area (Å²) in [6, 6.07) is 0. The number of aliphatic hydroxyl groups is 1. The molecular formula is C9H14F4O2. The minimum absolute atomic E-state index is 0.445. The molecule has 0 radical (unpaired) electrons. The number of halogens is 4. The summed E-state index contributed by atoms with van der Waals surface area (Å²) < 4.78 is 53.1. The first-order valence-corrected chi connectivity index (χ1v) is 4.89. The largest absolute Gasteiger partial charge is 0.390 e. The Hall–Kier alpha value is -0.360. The third-order valence-corrected chi connectivity index (χ3v) is 2.48. The lowest BCUT2D eigenvalue weighted by Crippen LogP contribution is -2.39. The van der Waals surface area contributed by atoms with Gasteiger partial charge in [-0.15, -0.1) is 0 Å². The highest BCUT2D eigenvalue weighted by atomic mass is 19.3. The Labute approximate surface area is 85.2 Å². The molecule has 2 nitrogen and oxygen atoms in total. The lowest BCUT2D eigenvalue weighted by Gasteiger charge is -2.29. The van der Waals surface area contributed by atoms with Crippen LogP contribution in [0.15, 0.2) is 0 Å². The van der Waals surface area contributed by atoms with Crippen molar-refractivity contribution in [3.63, 3.8) is 0 Å². The standard InChI is InChI=1S/C9H14F4O2/c10-8(11)9(12,13)5-15-7-4-2-1-3-6(7)14/h6-8,14H,1-5H2. The second kappa shape index (κ2) is 5.12. The Morgan fingerprint density at radius 2 is 1.87 bits per heavy atom. The predicted octanol–water partition coefficient (Wildman–Crippen LogP) is 2.21. The van der Waals surface area contributed by atoms with Crippen LogP contribution in [0.25, 0.3) is 0 Å². The number of ether oxygens (including phenoxy) is 1. The van der Waals surface area contributed by atoms with Crippen molar-refractivity contribution in [2.75, 3.05) is 6.61 Å². The summed E-state index contributed by atoms with van der Waals surface area (Å²) in [4.78, 5) is 0. The molecule has 0 amide bonds. The van der Waals surface area contributed by atoms with Crippen molar-refractivity contribution >= 4 is 0 Å². The van der Waals surface area contributed by atoms with E-state index < -0.39 is 31.2 Å². The summed E-state index contributed by atoms with van der Waals surface area (Å²) in [6.07, 6.45) is -2.77. The monoisotopic (exact) mass is 230 g/mol. The lowest BCUT2D eigenvalue weighted by atomic mass is 9.95. The topological polar surface area (TPSA) is 29.5 Å². The van der Waals surface area contributed by atoms with Crippen LogP contribution in [0.4, 0.5) is 17.6 Å². The Bertz CT molecular complexity index is 199. The molecule has 1 saturated carbocycles. The molecule has 1 fully saturated rings. The van der Waals surface area contributed by atoms with Gasteiger partial charge in [-0.2, -0.15) is 8.78 Å². The van der Waals surface area contributed by atoms with Crippen LogP contribution < -0.4 is 0 Å². The summed E-state index contributed by atoms with van der Waals surface area (Å²) in [7, 11) is 0. The number of hydrogen-bond acceptors (Lipinski definition) is 2. The summed E-state index contributed by atoms with van der Waals surface area (Å²) in [6.45, 7) is -1.33. The lowest BCUT2D eigenvalue weighted by molar-refractivity contribution is -0.189. The van der Waals surface area contributed by atoms with Gasteiger partial charge in [0.15, 0.2) is 0 Å². The zero-order valence-corrected chi connectivity index (χ0v) is 8.13. The van der Waals surface area contributed by atoms with Crippen LogP contribution in [0.1, 0.15) is 25.7 Å². The van der Waals surface area contributed by atoms with Gasteiger partial charge in [0.2, 0.25) is 0 Å². The number of aliphatic hydroxyl groups excluding tert-OH is 1. The molecule has 15 heavy (non-hydrogen) atoms. The van der Waals surface area contributed by atoms with Gasteiger partial charge in [0.25, 0.3) is 0 Å². The van der Waals surface area contributed by atoms with E-state index in [4.69, 9.17) is 0 Å². The van der Waals surface area contributed by atoms with E-state index in [0.29, 0.717) is 12.8 Å². The fourth-order valence-corrected chi connectivity index (χ4v) is 1.55. The maximum Gasteiger partial charge on any atom is 0.330 e. The van der Waals surface area contributed by atoms with Crippen molar-refractivity contribution in [2.45, 2.75) is 50.2 Å². The molecule has 1 aliphatic carbocycles. The molecule has 90 valence electrons. The van der Waals surface area contributed by atoms with E-state index in [0.717, 1.165) is 12.8 Å². The second-order valence-corrected chi connectivity index (χ2v) is 3.76. The molecule has 1 N–H and O–H groups in total. The summed E-state index contributed by atoms with van der Waals surface area (Å²) >= 11 is 0. The smallest absolute Gasteiger partial charge is 0.330 e. The maximum absolute atomic E-state index is 12.5. The highest BCUT2D eigenvalue weighted by Crippen LogP contribution is 2.26. The van der Waals surface area contributed by atoms with E-state index in [1.54, 1.807) is 0 Å². The SMILES string of the molecule is OC1CCCCC1OCC(F)(F)C(F)F. The molecular weight excluding hydrogens is 216 g/mol. The van der Waals surface area contributed by atoms with Crippen LogP contribution in [0.5, 0.6) is 0 Å². The summed E-state index contributed by atoms with van der Waals surface area (Å²) in [5.41, 5.74) is 0. The van der Waals surface area contributed by atoms with Gasteiger partial charge >= 0.3 is 12.3 Å². The summed E-state index contributed by atoms with van der Waals surface area (Å²) in [5.74, 6) is -4.13. The molecule has 2 unspecified atom stereocenters. The van der Waals surface area contributed by atoms with Gasteiger partial charge in [-0.3, -0.25) is 0 Å². The number of alkyl halides is 4. The van der Waals surface area contributed by atoms with Gasteiger partial charge in [-0.05, 0) is 12.8 Å². The molecule has 0 spiro atoms. The Morgan fingerprint density at radius 3 is 2.40 bits per heavy atom. The molecule has 0 heterocycles. The van der Waals surface area contributed by atoms with Crippen molar-refractivity contribution in [3.8, 4) is 0 Å². The Kier molecular flexibility index (Phi) is 4.33. The van der Waals surface area contributed by atoms with Crippen LogP contribution in [-0.4, -0.2) is 36.3 Å². The minimum Gasteiger partial charge on any atom is -0.390 e. The van der Waals surface area contributed by atoms with E-state index in [1.165, 1.54) is 0 Å². The molecule has 0 aromatic rings. The minimum atomic E-state index is -4.13. The number of rotatable bonds is 4. The average molecular weight is 230 g/mol. The van der Waals surface area contributed by atoms with Crippen LogP contribution >= 0.6 is 0 Å². The Morgan fingerprint density at radius 1 is 1.27 bits per heavy atom. The van der Waals surface area contributed by atoms with Crippen LogP contribution in [0.3, 0.4) is 0 Å². The van der Waals surface area contributed by atoms with Gasteiger partial charge in [0.05, 0.1) is 12.2 Å². The first-order chi connectivity index (χ1) is 6.93. The van der Waals surface area contributed by atoms with Gasteiger partial charge in [-0.25, -0.2) is 8.78 Å².